The summed E-state index contributed by atoms with van der Waals surface area (Å²) in [5, 5.41) is 0. The summed E-state index contributed by atoms with van der Waals surface area (Å²) in [7, 11) is 0. The molecule has 0 amide bonds. The van der Waals surface area contributed by atoms with Crippen LogP contribution in [0.3, 0.4) is 0 Å². The summed E-state index contributed by atoms with van der Waals surface area (Å²) in [5.74, 6) is 1.18. The Bertz CT molecular complexity index is 1010. The smallest absolute Gasteiger partial charge is 0.231 e. The molecule has 0 N–H and O–H groups in total. The normalized spacial score (nSPS) is 21.2. The molecular formula is C24H22O4. The predicted molar refractivity (Wildman–Crippen MR) is 106 cm³/mol. The number of rotatable bonds is 1. The number of fused-ring (bicyclic) bond motifs is 2. The number of hydrogen-bond donors (Lipinski definition) is 0. The molecule has 3 aliphatic rings. The molecule has 4 heteroatoms. The Morgan fingerprint density at radius 3 is 2.43 bits per heavy atom. The van der Waals surface area contributed by atoms with E-state index < -0.39 is 0 Å². The molecule has 1 spiro atoms. The lowest BCUT2D eigenvalue weighted by Gasteiger charge is -2.40. The van der Waals surface area contributed by atoms with Crippen LogP contribution in [0.1, 0.15) is 70.4 Å². The molecule has 1 saturated carbocycles. The Hall–Kier alpha value is -2.88. The van der Waals surface area contributed by atoms with E-state index in [9.17, 15) is 9.59 Å². The zero-order valence-electron chi connectivity index (χ0n) is 15.9. The Morgan fingerprint density at radius 1 is 0.929 bits per heavy atom. The first-order chi connectivity index (χ1) is 13.5. The minimum absolute atomic E-state index is 0.0646. The zero-order valence-corrected chi connectivity index (χ0v) is 15.9. The molecule has 2 aliphatic heterocycles. The highest BCUT2D eigenvalue weighted by atomic mass is 16.5. The van der Waals surface area contributed by atoms with Gasteiger partial charge >= 0.3 is 0 Å². The molecule has 2 aromatic carbocycles. The number of allylic oxidation sites excluding steroid dienone is 1. The van der Waals surface area contributed by atoms with Gasteiger partial charge in [-0.3, -0.25) is 9.59 Å². The van der Waals surface area contributed by atoms with Crippen molar-refractivity contribution in [1.29, 1.82) is 0 Å². The van der Waals surface area contributed by atoms with Gasteiger partial charge in [-0.25, -0.2) is 0 Å². The van der Waals surface area contributed by atoms with Crippen molar-refractivity contribution in [1.82, 2.24) is 0 Å². The van der Waals surface area contributed by atoms with Crippen LogP contribution in [0, 0.1) is 6.92 Å². The summed E-state index contributed by atoms with van der Waals surface area (Å²) in [6.45, 7) is 2.02. The van der Waals surface area contributed by atoms with Gasteiger partial charge in [0.25, 0.3) is 0 Å². The second kappa shape index (κ2) is 6.33. The molecule has 1 fully saturated rings. The zero-order chi connectivity index (χ0) is 19.3. The lowest BCUT2D eigenvalue weighted by Crippen LogP contribution is -2.43. The van der Waals surface area contributed by atoms with Gasteiger partial charge in [-0.15, -0.1) is 0 Å². The van der Waals surface area contributed by atoms with Gasteiger partial charge in [-0.05, 0) is 50.3 Å². The summed E-state index contributed by atoms with van der Waals surface area (Å²) >= 11 is 0. The molecule has 4 nitrogen and oxygen atoms in total. The quantitative estimate of drug-likeness (QED) is 0.637. The van der Waals surface area contributed by atoms with Gasteiger partial charge in [0, 0.05) is 6.07 Å². The third-order valence-corrected chi connectivity index (χ3v) is 6.02. The Morgan fingerprint density at radius 2 is 1.68 bits per heavy atom. The van der Waals surface area contributed by atoms with Crippen molar-refractivity contribution in [3.63, 3.8) is 0 Å². The fourth-order valence-corrected chi connectivity index (χ4v) is 4.46. The molecule has 28 heavy (non-hydrogen) atoms. The van der Waals surface area contributed by atoms with Crippen molar-refractivity contribution in [3.05, 3.63) is 64.4 Å². The summed E-state index contributed by atoms with van der Waals surface area (Å²) in [6.07, 6.45) is 7.34. The number of Topliss-reactive ketones (excluding diaryl/α,β-unsaturated/α-hetero) is 2. The average molecular weight is 374 g/mol. The fourth-order valence-electron chi connectivity index (χ4n) is 4.46. The molecule has 2 aromatic rings. The van der Waals surface area contributed by atoms with E-state index >= 15 is 0 Å². The van der Waals surface area contributed by atoms with E-state index in [1.54, 1.807) is 18.2 Å². The Kier molecular flexibility index (Phi) is 3.90. The number of hydrogen-bond acceptors (Lipinski definition) is 4. The Labute approximate surface area is 164 Å². The molecule has 0 aromatic heterocycles. The van der Waals surface area contributed by atoms with Crippen LogP contribution in [-0.2, 0) is 0 Å². The highest BCUT2D eigenvalue weighted by molar-refractivity contribution is 6.16. The lowest BCUT2D eigenvalue weighted by molar-refractivity contribution is 0.0135. The highest BCUT2D eigenvalue weighted by Gasteiger charge is 2.43. The van der Waals surface area contributed by atoms with Crippen molar-refractivity contribution >= 4 is 17.6 Å². The van der Waals surface area contributed by atoms with E-state index in [2.05, 4.69) is 0 Å². The van der Waals surface area contributed by atoms with Gasteiger partial charge in [0.15, 0.2) is 11.5 Å². The van der Waals surface area contributed by atoms with Crippen LogP contribution in [-0.4, -0.2) is 17.2 Å². The van der Waals surface area contributed by atoms with Crippen LogP contribution in [0.5, 0.6) is 11.5 Å². The van der Waals surface area contributed by atoms with Crippen LogP contribution in [0.2, 0.25) is 0 Å². The van der Waals surface area contributed by atoms with E-state index in [1.807, 2.05) is 31.2 Å². The van der Waals surface area contributed by atoms with E-state index in [4.69, 9.17) is 9.47 Å². The number of aryl methyl sites for hydroxylation is 1. The SMILES string of the molecule is Cc1ccc(/C=C2\Oc3cc4c(cc3C2=O)C(=O)CC2(CCCCC2)O4)cc1. The van der Waals surface area contributed by atoms with Gasteiger partial charge in [0.2, 0.25) is 5.78 Å². The number of benzene rings is 2. The van der Waals surface area contributed by atoms with Crippen LogP contribution < -0.4 is 9.47 Å². The number of carbonyl (C=O) groups excluding carboxylic acids is 2. The van der Waals surface area contributed by atoms with Crippen molar-refractivity contribution in [2.24, 2.45) is 0 Å². The molecule has 0 atom stereocenters. The molecule has 1 aliphatic carbocycles. The van der Waals surface area contributed by atoms with Gasteiger partial charge in [-0.2, -0.15) is 0 Å². The molecule has 5 rings (SSSR count). The van der Waals surface area contributed by atoms with Crippen molar-refractivity contribution in [2.45, 2.75) is 51.0 Å². The molecule has 2 heterocycles. The highest BCUT2D eigenvalue weighted by Crippen LogP contribution is 2.45. The molecule has 0 saturated heterocycles. The lowest BCUT2D eigenvalue weighted by atomic mass is 9.78. The van der Waals surface area contributed by atoms with Gasteiger partial charge in [0.1, 0.15) is 17.1 Å². The summed E-state index contributed by atoms with van der Waals surface area (Å²) in [5.41, 5.74) is 2.63. The average Bonchev–Trinajstić information content (AvgIpc) is 2.98. The van der Waals surface area contributed by atoms with E-state index in [0.29, 0.717) is 29.0 Å². The number of carbonyl (C=O) groups is 2. The minimum Gasteiger partial charge on any atom is -0.486 e. The maximum atomic E-state index is 12.8. The van der Waals surface area contributed by atoms with Crippen molar-refractivity contribution < 1.29 is 19.1 Å². The second-order valence-corrected chi connectivity index (χ2v) is 8.14. The third-order valence-electron chi connectivity index (χ3n) is 6.02. The topological polar surface area (TPSA) is 52.6 Å². The maximum Gasteiger partial charge on any atom is 0.231 e. The van der Waals surface area contributed by atoms with Gasteiger partial charge in [-0.1, -0.05) is 36.2 Å². The summed E-state index contributed by atoms with van der Waals surface area (Å²) < 4.78 is 12.2. The standard InChI is InChI=1S/C24H22O4/c1-15-5-7-16(8-6-15)11-22-23(26)18-12-17-19(25)14-24(9-3-2-4-10-24)28-21(17)13-20(18)27-22/h5-8,11-13H,2-4,9-10,14H2,1H3/b22-11-. The predicted octanol–water partition coefficient (Wildman–Crippen LogP) is 5.28. The first-order valence-electron chi connectivity index (χ1n) is 9.94. The molecule has 142 valence electrons. The monoisotopic (exact) mass is 374 g/mol. The van der Waals surface area contributed by atoms with Crippen LogP contribution in [0.15, 0.2) is 42.2 Å². The maximum absolute atomic E-state index is 12.8. The molecule has 0 radical (unpaired) electrons. The van der Waals surface area contributed by atoms with Crippen molar-refractivity contribution in [2.75, 3.05) is 0 Å². The molecule has 0 bridgehead atoms. The molecular weight excluding hydrogens is 352 g/mol. The Balaban J connectivity index is 1.49. The summed E-state index contributed by atoms with van der Waals surface area (Å²) in [4.78, 5) is 25.6. The number of ketones is 2. The molecule has 0 unspecified atom stereocenters. The fraction of sp³-hybridized carbons (Fsp3) is 0.333. The number of ether oxygens (including phenoxy) is 2. The van der Waals surface area contributed by atoms with Crippen LogP contribution in [0.4, 0.5) is 0 Å². The van der Waals surface area contributed by atoms with E-state index in [0.717, 1.165) is 36.8 Å². The largest absolute Gasteiger partial charge is 0.486 e. The first kappa shape index (κ1) is 17.2. The van der Waals surface area contributed by atoms with Gasteiger partial charge in [0.05, 0.1) is 17.5 Å². The van der Waals surface area contributed by atoms with Crippen LogP contribution in [0.25, 0.3) is 6.08 Å². The van der Waals surface area contributed by atoms with E-state index in [1.165, 1.54) is 6.42 Å². The third kappa shape index (κ3) is 2.84. The van der Waals surface area contributed by atoms with E-state index in [-0.39, 0.29) is 22.9 Å². The first-order valence-corrected chi connectivity index (χ1v) is 9.94. The van der Waals surface area contributed by atoms with Crippen LogP contribution >= 0.6 is 0 Å². The second-order valence-electron chi connectivity index (χ2n) is 8.14. The van der Waals surface area contributed by atoms with Crippen molar-refractivity contribution in [3.8, 4) is 11.5 Å². The minimum atomic E-state index is -0.375. The van der Waals surface area contributed by atoms with Gasteiger partial charge < -0.3 is 9.47 Å². The summed E-state index contributed by atoms with van der Waals surface area (Å²) in [6, 6.07) is 11.3.